The molecule has 0 unspecified atom stereocenters. The maximum atomic E-state index is 4.35. The number of benzene rings is 5. The van der Waals surface area contributed by atoms with Crippen molar-refractivity contribution in [2.75, 3.05) is 0 Å². The first kappa shape index (κ1) is 19.0. The number of hydrogen-bond acceptors (Lipinski definition) is 2. The van der Waals surface area contributed by atoms with Gasteiger partial charge in [-0.1, -0.05) is 72.8 Å². The Hall–Kier alpha value is -4.56. The van der Waals surface area contributed by atoms with Crippen molar-refractivity contribution in [2.24, 2.45) is 0 Å². The van der Waals surface area contributed by atoms with E-state index in [0.717, 1.165) is 5.56 Å². The average molecular weight is 433 g/mol. The van der Waals surface area contributed by atoms with Crippen LogP contribution in [0.3, 0.4) is 0 Å². The Balaban J connectivity index is 1.51. The molecule has 0 saturated heterocycles. The molecule has 0 aliphatic heterocycles. The Kier molecular flexibility index (Phi) is 4.18. The summed E-state index contributed by atoms with van der Waals surface area (Å²) in [6.07, 6.45) is 7.46. The number of rotatable bonds is 3. The largest absolute Gasteiger partial charge is 0.265 e. The molecule has 0 aliphatic rings. The van der Waals surface area contributed by atoms with Gasteiger partial charge in [-0.2, -0.15) is 0 Å². The lowest BCUT2D eigenvalue weighted by Gasteiger charge is -2.17. The monoisotopic (exact) mass is 432 g/mol. The highest BCUT2D eigenvalue weighted by Gasteiger charge is 2.15. The molecule has 0 N–H and O–H groups in total. The van der Waals surface area contributed by atoms with Crippen LogP contribution in [0.5, 0.6) is 0 Å². The van der Waals surface area contributed by atoms with Gasteiger partial charge in [0.2, 0.25) is 0 Å². The molecule has 34 heavy (non-hydrogen) atoms. The van der Waals surface area contributed by atoms with E-state index >= 15 is 0 Å². The third kappa shape index (κ3) is 2.89. The summed E-state index contributed by atoms with van der Waals surface area (Å²) in [6.45, 7) is 0. The van der Waals surface area contributed by atoms with Gasteiger partial charge in [0.1, 0.15) is 0 Å². The standard InChI is InChI=1S/C32H20N2/c1-3-24(21-14-17-33-18-15-21)19-25(4-1)27-10-8-22-6-7-23-9-11-28(26-5-2-16-34-20-26)30-13-12-29(27)31(22)32(23)30/h1-20H. The molecule has 0 fully saturated rings. The van der Waals surface area contributed by atoms with Gasteiger partial charge < -0.3 is 0 Å². The maximum Gasteiger partial charge on any atom is 0.0346 e. The fourth-order valence-corrected chi connectivity index (χ4v) is 5.24. The Morgan fingerprint density at radius 2 is 1.03 bits per heavy atom. The highest BCUT2D eigenvalue weighted by molar-refractivity contribution is 6.27. The van der Waals surface area contributed by atoms with Crippen molar-refractivity contribution >= 4 is 32.3 Å². The molecule has 0 spiro atoms. The van der Waals surface area contributed by atoms with E-state index in [2.05, 4.69) is 101 Å². The summed E-state index contributed by atoms with van der Waals surface area (Å²) in [4.78, 5) is 8.52. The van der Waals surface area contributed by atoms with Crippen molar-refractivity contribution in [3.05, 3.63) is 122 Å². The lowest BCUT2D eigenvalue weighted by atomic mass is 9.87. The predicted molar refractivity (Wildman–Crippen MR) is 142 cm³/mol. The molecule has 2 nitrogen and oxygen atoms in total. The lowest BCUT2D eigenvalue weighted by Crippen LogP contribution is -1.90. The van der Waals surface area contributed by atoms with Crippen LogP contribution in [0.15, 0.2) is 122 Å². The smallest absolute Gasteiger partial charge is 0.0346 e. The Morgan fingerprint density at radius 1 is 0.412 bits per heavy atom. The minimum atomic E-state index is 1.14. The van der Waals surface area contributed by atoms with E-state index in [0.29, 0.717) is 0 Å². The average Bonchev–Trinajstić information content (AvgIpc) is 2.92. The Morgan fingerprint density at radius 3 is 1.71 bits per heavy atom. The lowest BCUT2D eigenvalue weighted by molar-refractivity contribution is 1.33. The highest BCUT2D eigenvalue weighted by atomic mass is 14.6. The molecule has 0 atom stereocenters. The molecule has 7 rings (SSSR count). The van der Waals surface area contributed by atoms with Crippen LogP contribution in [-0.4, -0.2) is 9.97 Å². The second-order valence-electron chi connectivity index (χ2n) is 8.71. The van der Waals surface area contributed by atoms with Gasteiger partial charge in [-0.3, -0.25) is 9.97 Å². The quantitative estimate of drug-likeness (QED) is 0.262. The van der Waals surface area contributed by atoms with Crippen LogP contribution >= 0.6 is 0 Å². The fourth-order valence-electron chi connectivity index (χ4n) is 5.24. The molecular weight excluding hydrogens is 412 g/mol. The zero-order valence-electron chi connectivity index (χ0n) is 18.4. The van der Waals surface area contributed by atoms with E-state index in [1.165, 1.54) is 60.1 Å². The first-order valence-corrected chi connectivity index (χ1v) is 11.5. The maximum absolute atomic E-state index is 4.35. The van der Waals surface area contributed by atoms with Crippen molar-refractivity contribution in [1.82, 2.24) is 9.97 Å². The summed E-state index contributed by atoms with van der Waals surface area (Å²) in [5.74, 6) is 0. The molecular formula is C32H20N2. The molecule has 0 radical (unpaired) electrons. The van der Waals surface area contributed by atoms with Gasteiger partial charge in [-0.25, -0.2) is 0 Å². The van der Waals surface area contributed by atoms with Gasteiger partial charge in [0.05, 0.1) is 0 Å². The summed E-state index contributed by atoms with van der Waals surface area (Å²) in [5.41, 5.74) is 7.22. The molecule has 0 amide bonds. The molecule has 0 aliphatic carbocycles. The van der Waals surface area contributed by atoms with Crippen molar-refractivity contribution < 1.29 is 0 Å². The molecule has 0 saturated carbocycles. The summed E-state index contributed by atoms with van der Waals surface area (Å²) >= 11 is 0. The van der Waals surface area contributed by atoms with Crippen LogP contribution in [0.1, 0.15) is 0 Å². The number of pyridine rings is 2. The first-order chi connectivity index (χ1) is 16.9. The topological polar surface area (TPSA) is 25.8 Å². The Labute approximate surface area is 197 Å². The zero-order chi connectivity index (χ0) is 22.5. The molecule has 2 aromatic heterocycles. The summed E-state index contributed by atoms with van der Waals surface area (Å²) < 4.78 is 0. The molecule has 5 aromatic carbocycles. The van der Waals surface area contributed by atoms with Crippen molar-refractivity contribution in [3.8, 4) is 33.4 Å². The third-order valence-corrected chi connectivity index (χ3v) is 6.82. The second-order valence-corrected chi connectivity index (χ2v) is 8.71. The molecule has 2 heteroatoms. The van der Waals surface area contributed by atoms with Crippen LogP contribution in [-0.2, 0) is 0 Å². The van der Waals surface area contributed by atoms with Crippen LogP contribution < -0.4 is 0 Å². The molecule has 2 heterocycles. The van der Waals surface area contributed by atoms with Gasteiger partial charge in [0.15, 0.2) is 0 Å². The minimum absolute atomic E-state index is 1.14. The van der Waals surface area contributed by atoms with Gasteiger partial charge in [0, 0.05) is 30.4 Å². The van der Waals surface area contributed by atoms with Gasteiger partial charge in [0.25, 0.3) is 0 Å². The third-order valence-electron chi connectivity index (χ3n) is 6.82. The van der Waals surface area contributed by atoms with Gasteiger partial charge in [-0.15, -0.1) is 0 Å². The van der Waals surface area contributed by atoms with E-state index in [9.17, 15) is 0 Å². The van der Waals surface area contributed by atoms with Crippen LogP contribution in [0.25, 0.3) is 65.7 Å². The van der Waals surface area contributed by atoms with Crippen molar-refractivity contribution in [2.45, 2.75) is 0 Å². The number of hydrogen-bond donors (Lipinski definition) is 0. The summed E-state index contributed by atoms with van der Waals surface area (Å²) in [6, 6.07) is 35.1. The van der Waals surface area contributed by atoms with Crippen molar-refractivity contribution in [3.63, 3.8) is 0 Å². The molecule has 158 valence electrons. The number of aromatic nitrogens is 2. The second kappa shape index (κ2) is 7.50. The van der Waals surface area contributed by atoms with E-state index < -0.39 is 0 Å². The first-order valence-electron chi connectivity index (χ1n) is 11.5. The van der Waals surface area contributed by atoms with Gasteiger partial charge in [-0.05, 0) is 84.4 Å². The fraction of sp³-hybridized carbons (Fsp3) is 0. The van der Waals surface area contributed by atoms with Gasteiger partial charge >= 0.3 is 0 Å². The minimum Gasteiger partial charge on any atom is -0.265 e. The zero-order valence-corrected chi connectivity index (χ0v) is 18.4. The molecule has 7 aromatic rings. The van der Waals surface area contributed by atoms with E-state index in [1.54, 1.807) is 0 Å². The predicted octanol–water partition coefficient (Wildman–Crippen LogP) is 8.38. The van der Waals surface area contributed by atoms with Crippen LogP contribution in [0.4, 0.5) is 0 Å². The Bertz CT molecular complexity index is 1790. The normalized spacial score (nSPS) is 11.5. The van der Waals surface area contributed by atoms with Crippen molar-refractivity contribution in [1.29, 1.82) is 0 Å². The van der Waals surface area contributed by atoms with E-state index in [-0.39, 0.29) is 0 Å². The van der Waals surface area contributed by atoms with Crippen LogP contribution in [0.2, 0.25) is 0 Å². The molecule has 0 bridgehead atoms. The van der Waals surface area contributed by atoms with Crippen LogP contribution in [0, 0.1) is 0 Å². The summed E-state index contributed by atoms with van der Waals surface area (Å²) in [7, 11) is 0. The SMILES string of the molecule is c1cncc(-c2ccc3ccc4ccc(-c5cccc(-c6ccncc6)c5)c5ccc2c3c45)c1. The number of nitrogens with zero attached hydrogens (tertiary/aromatic N) is 2. The summed E-state index contributed by atoms with van der Waals surface area (Å²) in [5, 5.41) is 7.74. The van der Waals surface area contributed by atoms with E-state index in [1.807, 2.05) is 30.9 Å². The highest BCUT2D eigenvalue weighted by Crippen LogP contribution is 2.42. The van der Waals surface area contributed by atoms with E-state index in [4.69, 9.17) is 0 Å².